The smallest absolute Gasteiger partial charge is 0.344 e. The summed E-state index contributed by atoms with van der Waals surface area (Å²) >= 11 is 5.41. The molecule has 0 spiro atoms. The van der Waals surface area contributed by atoms with Gasteiger partial charge in [0.2, 0.25) is 5.00 Å². The molecule has 5 N–H and O–H groups in total. The van der Waals surface area contributed by atoms with Gasteiger partial charge in [-0.1, -0.05) is 11.6 Å². The zero-order valence-electron chi connectivity index (χ0n) is 6.08. The lowest BCUT2D eigenvalue weighted by Gasteiger charge is -2.23. The first kappa shape index (κ1) is 10.6. The molecule has 0 saturated carbocycles. The lowest BCUT2D eigenvalue weighted by Crippen LogP contribution is -2.55. The third-order valence-electron chi connectivity index (χ3n) is 1.21. The molecule has 0 aromatic heterocycles. The van der Waals surface area contributed by atoms with Crippen molar-refractivity contribution in [2.75, 3.05) is 13.7 Å². The second-order valence-electron chi connectivity index (χ2n) is 2.01. The van der Waals surface area contributed by atoms with Gasteiger partial charge in [-0.2, -0.15) is 0 Å². The van der Waals surface area contributed by atoms with Crippen LogP contribution in [0.25, 0.3) is 0 Å². The van der Waals surface area contributed by atoms with Crippen LogP contribution in [-0.2, 0) is 9.53 Å². The molecule has 66 valence electrons. The third-order valence-corrected chi connectivity index (χ3v) is 1.61. The molecule has 0 amide bonds. The number of alkyl halides is 1. The van der Waals surface area contributed by atoms with Crippen molar-refractivity contribution in [2.24, 2.45) is 11.5 Å². The Labute approximate surface area is 69.3 Å². The normalized spacial score (nSPS) is 18.6. The summed E-state index contributed by atoms with van der Waals surface area (Å²) in [5.41, 5.74) is 10.2. The summed E-state index contributed by atoms with van der Waals surface area (Å²) < 4.78 is 4.23. The van der Waals surface area contributed by atoms with Crippen LogP contribution >= 0.6 is 11.6 Å². The number of ether oxygens (including phenoxy) is 1. The molecular formula is C5H11ClN2O3. The van der Waals surface area contributed by atoms with E-state index in [1.165, 1.54) is 0 Å². The number of nitrogens with two attached hydrogens (primary N) is 2. The molecule has 0 fully saturated rings. The number of aliphatic hydroxyl groups is 1. The van der Waals surface area contributed by atoms with Crippen LogP contribution in [0.3, 0.4) is 0 Å². The Kier molecular flexibility index (Phi) is 3.74. The van der Waals surface area contributed by atoms with E-state index >= 15 is 0 Å². The molecule has 2 unspecified atom stereocenters. The lowest BCUT2D eigenvalue weighted by molar-refractivity contribution is -0.146. The molecule has 0 bridgehead atoms. The fourth-order valence-electron chi connectivity index (χ4n) is 0.464. The zero-order chi connectivity index (χ0) is 9.07. The minimum atomic E-state index is -1.94. The molecule has 0 rings (SSSR count). The third kappa shape index (κ3) is 2.30. The van der Waals surface area contributed by atoms with Crippen molar-refractivity contribution in [3.8, 4) is 0 Å². The maximum Gasteiger partial charge on any atom is 0.344 e. The molecular weight excluding hydrogens is 172 g/mol. The fourth-order valence-corrected chi connectivity index (χ4v) is 0.630. The van der Waals surface area contributed by atoms with Crippen molar-refractivity contribution >= 4 is 17.6 Å². The van der Waals surface area contributed by atoms with E-state index in [1.54, 1.807) is 0 Å². The molecule has 0 aromatic carbocycles. The number of halogens is 1. The van der Waals surface area contributed by atoms with E-state index in [9.17, 15) is 4.79 Å². The molecule has 11 heavy (non-hydrogen) atoms. The average molecular weight is 183 g/mol. The first-order chi connectivity index (χ1) is 4.96. The highest BCUT2D eigenvalue weighted by molar-refractivity contribution is 6.34. The lowest BCUT2D eigenvalue weighted by atomic mass is 10.1. The van der Waals surface area contributed by atoms with Crippen molar-refractivity contribution in [3.63, 3.8) is 0 Å². The number of esters is 1. The molecule has 0 saturated heterocycles. The summed E-state index contributed by atoms with van der Waals surface area (Å²) in [5.74, 6) is -0.905. The molecule has 0 aromatic rings. The van der Waals surface area contributed by atoms with E-state index in [1.807, 2.05) is 0 Å². The van der Waals surface area contributed by atoms with Crippen molar-refractivity contribution in [1.82, 2.24) is 0 Å². The average Bonchev–Trinajstić information content (AvgIpc) is 2.01. The number of hydrogen-bond acceptors (Lipinski definition) is 5. The van der Waals surface area contributed by atoms with Gasteiger partial charge in [-0.15, -0.1) is 0 Å². The largest absolute Gasteiger partial charge is 0.467 e. The second kappa shape index (κ2) is 3.87. The summed E-state index contributed by atoms with van der Waals surface area (Å²) in [6, 6.07) is 0. The van der Waals surface area contributed by atoms with Gasteiger partial charge >= 0.3 is 5.97 Å². The standard InChI is InChI=1S/C5H11ClN2O3/c1-11-4(10)5(6,8)3(9)2-7/h3,9H,2,7-8H2,1H3. The van der Waals surface area contributed by atoms with E-state index in [4.69, 9.17) is 28.2 Å². The van der Waals surface area contributed by atoms with Gasteiger partial charge in [0.25, 0.3) is 0 Å². The van der Waals surface area contributed by atoms with Gasteiger partial charge in [-0.25, -0.2) is 4.79 Å². The molecule has 0 aliphatic heterocycles. The number of rotatable bonds is 3. The Morgan fingerprint density at radius 1 is 1.91 bits per heavy atom. The summed E-state index contributed by atoms with van der Waals surface area (Å²) in [6.45, 7) is -0.199. The first-order valence-electron chi connectivity index (χ1n) is 2.91. The van der Waals surface area contributed by atoms with Crippen LogP contribution in [0.5, 0.6) is 0 Å². The van der Waals surface area contributed by atoms with Gasteiger partial charge in [-0.05, 0) is 0 Å². The van der Waals surface area contributed by atoms with E-state index < -0.39 is 17.1 Å². The maximum absolute atomic E-state index is 10.7. The predicted molar refractivity (Wildman–Crippen MR) is 39.8 cm³/mol. The Morgan fingerprint density at radius 3 is 2.64 bits per heavy atom. The topological polar surface area (TPSA) is 98.6 Å². The second-order valence-corrected chi connectivity index (χ2v) is 2.64. The molecule has 5 nitrogen and oxygen atoms in total. The van der Waals surface area contributed by atoms with Crippen molar-refractivity contribution in [2.45, 2.75) is 11.1 Å². The Bertz CT molecular complexity index is 151. The Balaban J connectivity index is 4.31. The number of aliphatic hydroxyl groups excluding tert-OH is 1. The molecule has 2 atom stereocenters. The van der Waals surface area contributed by atoms with Gasteiger partial charge in [0.05, 0.1) is 7.11 Å². The molecule has 0 radical (unpaired) electrons. The highest BCUT2D eigenvalue weighted by Crippen LogP contribution is 2.13. The number of methoxy groups -OCH3 is 1. The summed E-state index contributed by atoms with van der Waals surface area (Å²) in [7, 11) is 1.12. The van der Waals surface area contributed by atoms with Crippen LogP contribution < -0.4 is 11.5 Å². The summed E-state index contributed by atoms with van der Waals surface area (Å²) in [4.78, 5) is 8.80. The minimum absolute atomic E-state index is 0.199. The van der Waals surface area contributed by atoms with E-state index in [0.717, 1.165) is 7.11 Å². The number of carbonyl (C=O) groups is 1. The van der Waals surface area contributed by atoms with Crippen LogP contribution in [0.1, 0.15) is 0 Å². The van der Waals surface area contributed by atoms with Crippen LogP contribution in [0.4, 0.5) is 0 Å². The van der Waals surface area contributed by atoms with Gasteiger partial charge in [0, 0.05) is 6.54 Å². The number of carbonyl (C=O) groups excluding carboxylic acids is 1. The quantitative estimate of drug-likeness (QED) is 0.277. The van der Waals surface area contributed by atoms with E-state index in [2.05, 4.69) is 4.74 Å². The Hall–Kier alpha value is -0.360. The van der Waals surface area contributed by atoms with E-state index in [-0.39, 0.29) is 6.54 Å². The van der Waals surface area contributed by atoms with Crippen molar-refractivity contribution in [3.05, 3.63) is 0 Å². The molecule has 6 heteroatoms. The number of hydrogen-bond donors (Lipinski definition) is 3. The minimum Gasteiger partial charge on any atom is -0.467 e. The molecule has 0 aliphatic carbocycles. The molecule has 0 aliphatic rings. The van der Waals surface area contributed by atoms with Crippen LogP contribution in [0.2, 0.25) is 0 Å². The monoisotopic (exact) mass is 182 g/mol. The fraction of sp³-hybridized carbons (Fsp3) is 0.800. The van der Waals surface area contributed by atoms with Crippen LogP contribution in [0.15, 0.2) is 0 Å². The van der Waals surface area contributed by atoms with Gasteiger partial charge in [0.1, 0.15) is 6.10 Å². The van der Waals surface area contributed by atoms with Crippen LogP contribution in [-0.4, -0.2) is 35.8 Å². The predicted octanol–water partition coefficient (Wildman–Crippen LogP) is -1.63. The first-order valence-corrected chi connectivity index (χ1v) is 3.29. The van der Waals surface area contributed by atoms with Gasteiger partial charge in [-0.3, -0.25) is 0 Å². The zero-order valence-corrected chi connectivity index (χ0v) is 6.84. The summed E-state index contributed by atoms with van der Waals surface area (Å²) in [6.07, 6.45) is -1.31. The van der Waals surface area contributed by atoms with Crippen molar-refractivity contribution in [1.29, 1.82) is 0 Å². The van der Waals surface area contributed by atoms with Crippen LogP contribution in [0, 0.1) is 0 Å². The highest BCUT2D eigenvalue weighted by atomic mass is 35.5. The van der Waals surface area contributed by atoms with Gasteiger partial charge in [0.15, 0.2) is 0 Å². The highest BCUT2D eigenvalue weighted by Gasteiger charge is 2.39. The van der Waals surface area contributed by atoms with Crippen molar-refractivity contribution < 1.29 is 14.6 Å². The van der Waals surface area contributed by atoms with Gasteiger partial charge < -0.3 is 21.3 Å². The molecule has 0 heterocycles. The summed E-state index contributed by atoms with van der Waals surface area (Å²) in [5, 5.41) is 9.00. The maximum atomic E-state index is 10.7. The van der Waals surface area contributed by atoms with E-state index in [0.29, 0.717) is 0 Å². The Morgan fingerprint density at radius 2 is 2.36 bits per heavy atom. The SMILES string of the molecule is COC(=O)C(N)(Cl)C(O)CN.